The van der Waals surface area contributed by atoms with Gasteiger partial charge in [0.25, 0.3) is 5.91 Å². The van der Waals surface area contributed by atoms with Crippen LogP contribution in [-0.2, 0) is 24.8 Å². The van der Waals surface area contributed by atoms with Crippen molar-refractivity contribution in [1.29, 1.82) is 0 Å². The number of nitrogens with zero attached hydrogens (tertiary/aromatic N) is 7. The van der Waals surface area contributed by atoms with Crippen molar-refractivity contribution in [3.63, 3.8) is 0 Å². The summed E-state index contributed by atoms with van der Waals surface area (Å²) in [4.78, 5) is 33.7. The maximum atomic E-state index is 14.8. The van der Waals surface area contributed by atoms with Crippen molar-refractivity contribution in [2.45, 2.75) is 65.0 Å². The van der Waals surface area contributed by atoms with Crippen LogP contribution in [0.3, 0.4) is 0 Å². The Kier molecular flexibility index (Phi) is 7.60. The molecule has 0 radical (unpaired) electrons. The largest absolute Gasteiger partial charge is 0.376 e. The highest BCUT2D eigenvalue weighted by atomic mass is 19.1. The number of aryl methyl sites for hydroxylation is 3. The molecule has 0 bridgehead atoms. The van der Waals surface area contributed by atoms with Crippen molar-refractivity contribution in [1.82, 2.24) is 38.6 Å². The summed E-state index contributed by atoms with van der Waals surface area (Å²) >= 11 is 0. The van der Waals surface area contributed by atoms with Crippen LogP contribution < -0.4 is 5.69 Å². The Morgan fingerprint density at radius 3 is 2.57 bits per heavy atom. The van der Waals surface area contributed by atoms with Gasteiger partial charge in [0.2, 0.25) is 0 Å². The van der Waals surface area contributed by atoms with Crippen molar-refractivity contribution in [2.75, 3.05) is 13.2 Å². The fourth-order valence-electron chi connectivity index (χ4n) is 8.25. The molecular weight excluding hydrogens is 672 g/mol. The van der Waals surface area contributed by atoms with Crippen LogP contribution in [0.15, 0.2) is 78.0 Å². The lowest BCUT2D eigenvalue weighted by Gasteiger charge is -2.35. The summed E-state index contributed by atoms with van der Waals surface area (Å²) in [5.41, 5.74) is 7.05. The van der Waals surface area contributed by atoms with Crippen LogP contribution in [0.25, 0.3) is 39.0 Å². The van der Waals surface area contributed by atoms with Gasteiger partial charge in [0, 0.05) is 60.9 Å². The van der Waals surface area contributed by atoms with Gasteiger partial charge in [-0.3, -0.25) is 18.6 Å². The fraction of sp³-hybridized carbons (Fsp3) is 0.317. The number of amides is 1. The summed E-state index contributed by atoms with van der Waals surface area (Å²) in [5, 5.41) is 11.3. The molecule has 7 aromatic rings. The molecule has 9 rings (SSSR count). The van der Waals surface area contributed by atoms with Gasteiger partial charge in [0.05, 0.1) is 40.9 Å². The first-order valence-electron chi connectivity index (χ1n) is 18.1. The second-order valence-electron chi connectivity index (χ2n) is 15.2. The number of benzene rings is 3. The average Bonchev–Trinajstić information content (AvgIpc) is 3.92. The van der Waals surface area contributed by atoms with Crippen LogP contribution in [-0.4, -0.2) is 63.2 Å². The quantitative estimate of drug-likeness (QED) is 0.211. The number of fused-ring (bicyclic) bond motifs is 3. The lowest BCUT2D eigenvalue weighted by Crippen LogP contribution is -2.36. The van der Waals surface area contributed by atoms with Crippen LogP contribution in [0.2, 0.25) is 0 Å². The summed E-state index contributed by atoms with van der Waals surface area (Å²) in [6.07, 6.45) is 7.65. The summed E-state index contributed by atoms with van der Waals surface area (Å²) < 4.78 is 27.4. The van der Waals surface area contributed by atoms with Gasteiger partial charge in [-0.25, -0.2) is 13.9 Å². The highest BCUT2D eigenvalue weighted by Gasteiger charge is 2.32. The van der Waals surface area contributed by atoms with E-state index < -0.39 is 0 Å². The van der Waals surface area contributed by atoms with Crippen molar-refractivity contribution in [2.24, 2.45) is 7.05 Å². The number of carbonyl (C=O) groups excluding carboxylic acids is 1. The zero-order chi connectivity index (χ0) is 36.8. The van der Waals surface area contributed by atoms with Gasteiger partial charge in [0.1, 0.15) is 17.3 Å². The van der Waals surface area contributed by atoms with Crippen molar-refractivity contribution >= 4 is 27.7 Å². The van der Waals surface area contributed by atoms with Gasteiger partial charge in [-0.05, 0) is 112 Å². The summed E-state index contributed by atoms with van der Waals surface area (Å²) in [6.45, 7) is 9.17. The molecule has 6 heterocycles. The number of aromatic amines is 1. The van der Waals surface area contributed by atoms with Gasteiger partial charge in [-0.15, -0.1) is 0 Å². The Bertz CT molecular complexity index is 2630. The fourth-order valence-corrected chi connectivity index (χ4v) is 8.25. The van der Waals surface area contributed by atoms with Crippen LogP contribution in [0, 0.1) is 19.7 Å². The van der Waals surface area contributed by atoms with Crippen LogP contribution in [0.1, 0.15) is 71.0 Å². The number of ether oxygens (including phenoxy) is 1. The molecular formula is C41H41FN8O3. The number of carbonyl (C=O) groups is 1. The van der Waals surface area contributed by atoms with E-state index in [4.69, 9.17) is 9.84 Å². The van der Waals surface area contributed by atoms with E-state index in [0.29, 0.717) is 52.9 Å². The first kappa shape index (κ1) is 33.1. The lowest BCUT2D eigenvalue weighted by molar-refractivity contribution is -0.0592. The minimum atomic E-state index is -0.296. The van der Waals surface area contributed by atoms with Crippen molar-refractivity contribution in [3.05, 3.63) is 123 Å². The molecule has 0 unspecified atom stereocenters. The smallest absolute Gasteiger partial charge is 0.338 e. The van der Waals surface area contributed by atoms with Gasteiger partial charge in [-0.1, -0.05) is 6.07 Å². The number of nitrogens with one attached hydrogen (secondary N) is 1. The van der Waals surface area contributed by atoms with E-state index in [9.17, 15) is 14.0 Å². The van der Waals surface area contributed by atoms with E-state index in [1.165, 1.54) is 5.56 Å². The average molecular weight is 713 g/mol. The molecule has 3 aromatic carbocycles. The van der Waals surface area contributed by atoms with E-state index in [1.54, 1.807) is 63.1 Å². The highest BCUT2D eigenvalue weighted by molar-refractivity contribution is 5.98. The second-order valence-corrected chi connectivity index (χ2v) is 15.2. The van der Waals surface area contributed by atoms with E-state index in [1.807, 2.05) is 36.2 Å². The van der Waals surface area contributed by atoms with Crippen LogP contribution in [0.4, 0.5) is 4.39 Å². The Morgan fingerprint density at radius 2 is 1.77 bits per heavy atom. The standard InChI is InChI=1S/C41H41FN8O3/c1-24-16-31(17-25(2)37(24)42)50-38(49-14-13-48(40(49)52)30-7-9-36-29(19-30)22-43-46(36)5)32-23-47(12-10-34(32)45-50)39(51)35-20-28-18-26(6-8-33(28)44-35)27-11-15-53-41(3,4)21-27/h6-9,13-14,16-20,22,27,44H,10-12,15,21,23H2,1-5H3/t27-/m0/s1. The summed E-state index contributed by atoms with van der Waals surface area (Å²) in [5.74, 6) is 0.523. The van der Waals surface area contributed by atoms with Crippen LogP contribution >= 0.6 is 0 Å². The lowest BCUT2D eigenvalue weighted by atomic mass is 9.83. The van der Waals surface area contributed by atoms with E-state index in [2.05, 4.69) is 42.1 Å². The van der Waals surface area contributed by atoms with E-state index >= 15 is 0 Å². The summed E-state index contributed by atoms with van der Waals surface area (Å²) in [6, 6.07) is 17.6. The van der Waals surface area contributed by atoms with Crippen molar-refractivity contribution in [3.8, 4) is 17.2 Å². The first-order valence-corrected chi connectivity index (χ1v) is 18.1. The molecule has 270 valence electrons. The Hall–Kier alpha value is -5.75. The molecule has 1 saturated heterocycles. The maximum absolute atomic E-state index is 14.8. The molecule has 0 spiro atoms. The maximum Gasteiger partial charge on any atom is 0.338 e. The molecule has 12 heteroatoms. The number of imidazole rings is 1. The molecule has 1 N–H and O–H groups in total. The Balaban J connectivity index is 1.09. The SMILES string of the molecule is Cc1cc(-n2nc3c(c2-n2ccn(-c4ccc5c(cnn5C)c4)c2=O)CN(C(=O)c2cc4cc([C@H]5CCOC(C)(C)C5)ccc4[nH]2)CC3)cc(C)c1F. The van der Waals surface area contributed by atoms with Gasteiger partial charge in [-0.2, -0.15) is 10.2 Å². The monoisotopic (exact) mass is 712 g/mol. The Morgan fingerprint density at radius 1 is 0.981 bits per heavy atom. The molecule has 11 nitrogen and oxygen atoms in total. The normalized spacial score (nSPS) is 17.2. The first-order chi connectivity index (χ1) is 25.4. The number of aromatic nitrogens is 7. The predicted molar refractivity (Wildman–Crippen MR) is 201 cm³/mol. The Labute approximate surface area is 305 Å². The zero-order valence-electron chi connectivity index (χ0n) is 30.5. The number of rotatable bonds is 5. The second kappa shape index (κ2) is 12.2. The molecule has 1 atom stereocenters. The minimum Gasteiger partial charge on any atom is -0.376 e. The molecule has 2 aliphatic heterocycles. The predicted octanol–water partition coefficient (Wildman–Crippen LogP) is 6.81. The molecule has 53 heavy (non-hydrogen) atoms. The molecule has 0 aliphatic carbocycles. The molecule has 2 aliphatic rings. The minimum absolute atomic E-state index is 0.123. The van der Waals surface area contributed by atoms with Crippen molar-refractivity contribution < 1.29 is 13.9 Å². The molecule has 4 aromatic heterocycles. The number of hydrogen-bond acceptors (Lipinski definition) is 5. The topological polar surface area (TPSA) is 108 Å². The van der Waals surface area contributed by atoms with Crippen LogP contribution in [0.5, 0.6) is 0 Å². The number of hydrogen-bond donors (Lipinski definition) is 1. The van der Waals surface area contributed by atoms with Gasteiger partial charge >= 0.3 is 5.69 Å². The molecule has 1 amide bonds. The van der Waals surface area contributed by atoms with Gasteiger partial charge in [0.15, 0.2) is 0 Å². The third-order valence-corrected chi connectivity index (χ3v) is 11.0. The number of halogens is 1. The summed E-state index contributed by atoms with van der Waals surface area (Å²) in [7, 11) is 1.88. The van der Waals surface area contributed by atoms with E-state index in [-0.39, 0.29) is 29.6 Å². The van der Waals surface area contributed by atoms with Gasteiger partial charge < -0.3 is 14.6 Å². The van der Waals surface area contributed by atoms with E-state index in [0.717, 1.165) is 52.5 Å². The third-order valence-electron chi connectivity index (χ3n) is 11.0. The number of H-pyrrole nitrogens is 1. The third kappa shape index (κ3) is 5.59. The highest BCUT2D eigenvalue weighted by Crippen LogP contribution is 2.37. The molecule has 1 fully saturated rings. The zero-order valence-corrected chi connectivity index (χ0v) is 30.5. The molecule has 0 saturated carbocycles.